The van der Waals surface area contributed by atoms with E-state index in [1.165, 1.54) is 110 Å². The molecule has 0 spiro atoms. The smallest absolute Gasteiger partial charge is 0.000116 e. The molecule has 11 rings (SSSR count). The summed E-state index contributed by atoms with van der Waals surface area (Å²) in [5, 5.41) is 10.3. The molecule has 0 N–H and O–H groups in total. The van der Waals surface area contributed by atoms with Crippen LogP contribution < -0.4 is 0 Å². The summed E-state index contributed by atoms with van der Waals surface area (Å²) in [6.45, 7) is 0. The lowest BCUT2D eigenvalue weighted by Gasteiger charge is -2.26. The highest BCUT2D eigenvalue weighted by Gasteiger charge is 2.34. The lowest BCUT2D eigenvalue weighted by atomic mass is 9.76. The first-order valence-electron chi connectivity index (χ1n) is 18.1. The van der Waals surface area contributed by atoms with Gasteiger partial charge in [-0.05, 0) is 116 Å². The summed E-state index contributed by atoms with van der Waals surface area (Å²) in [7, 11) is 0. The summed E-state index contributed by atoms with van der Waals surface area (Å²) in [6, 6.07) is 71.7. The summed E-state index contributed by atoms with van der Waals surface area (Å²) in [6.07, 6.45) is 0. The molecule has 0 bridgehead atoms. The molecule has 52 heavy (non-hydrogen) atoms. The van der Waals surface area contributed by atoms with Crippen molar-refractivity contribution in [2.24, 2.45) is 0 Å². The van der Waals surface area contributed by atoms with Gasteiger partial charge in [0.25, 0.3) is 0 Å². The normalized spacial score (nSPS) is 11.8. The van der Waals surface area contributed by atoms with E-state index in [0.717, 1.165) is 0 Å². The van der Waals surface area contributed by atoms with Gasteiger partial charge in [0.15, 0.2) is 0 Å². The molecule has 0 fully saturated rings. The van der Waals surface area contributed by atoms with Crippen LogP contribution in [0.4, 0.5) is 0 Å². The maximum Gasteiger partial charge on any atom is -0.000116 e. The van der Waals surface area contributed by atoms with Crippen LogP contribution in [0.5, 0.6) is 0 Å². The predicted molar refractivity (Wildman–Crippen MR) is 223 cm³/mol. The summed E-state index contributed by atoms with van der Waals surface area (Å²) in [4.78, 5) is 0. The second-order valence-corrected chi connectivity index (χ2v) is 13.9. The molecule has 0 radical (unpaired) electrons. The monoisotopic (exact) mass is 656 g/mol. The first kappa shape index (κ1) is 29.0. The van der Waals surface area contributed by atoms with E-state index in [-0.39, 0.29) is 0 Å². The maximum absolute atomic E-state index is 2.46. The van der Waals surface area contributed by atoms with Crippen molar-refractivity contribution in [2.75, 3.05) is 0 Å². The van der Waals surface area contributed by atoms with Gasteiger partial charge in [-0.25, -0.2) is 0 Å². The Morgan fingerprint density at radius 3 is 1.10 bits per heavy atom. The zero-order valence-electron chi connectivity index (χ0n) is 28.5. The Hall–Kier alpha value is -6.76. The van der Waals surface area contributed by atoms with Gasteiger partial charge < -0.3 is 0 Å². The number of benzene rings is 10. The van der Waals surface area contributed by atoms with Crippen LogP contribution in [0.25, 0.3) is 110 Å². The summed E-state index contributed by atoms with van der Waals surface area (Å²) in [5.74, 6) is 0. The van der Waals surface area contributed by atoms with Gasteiger partial charge >= 0.3 is 0 Å². The first-order chi connectivity index (χ1) is 25.9. The summed E-state index contributed by atoms with van der Waals surface area (Å²) < 4.78 is 0. The highest BCUT2D eigenvalue weighted by atomic mass is 14.4. The highest BCUT2D eigenvalue weighted by Crippen LogP contribution is 2.61. The summed E-state index contributed by atoms with van der Waals surface area (Å²) in [5.41, 5.74) is 15.3. The lowest BCUT2D eigenvalue weighted by molar-refractivity contribution is 1.61. The number of rotatable bonds is 4. The topological polar surface area (TPSA) is 0 Å². The molecule has 0 aliphatic heterocycles. The van der Waals surface area contributed by atoms with Crippen LogP contribution in [-0.4, -0.2) is 0 Å². The van der Waals surface area contributed by atoms with Gasteiger partial charge in [0.2, 0.25) is 0 Å². The zero-order chi connectivity index (χ0) is 34.2. The molecule has 0 saturated carbocycles. The van der Waals surface area contributed by atoms with Crippen molar-refractivity contribution in [1.29, 1.82) is 0 Å². The minimum absolute atomic E-state index is 1.22. The van der Waals surface area contributed by atoms with E-state index in [1.807, 2.05) is 0 Å². The molecule has 0 aromatic heterocycles. The molecule has 1 aliphatic rings. The molecule has 0 saturated heterocycles. The molecule has 240 valence electrons. The van der Waals surface area contributed by atoms with Gasteiger partial charge in [0, 0.05) is 0 Å². The number of fused-ring (bicyclic) bond motifs is 7. The molecule has 10 aromatic carbocycles. The largest absolute Gasteiger partial charge is 0.0622 e. The molecular formula is C52H32. The Labute approximate surface area is 302 Å². The predicted octanol–water partition coefficient (Wildman–Crippen LogP) is 14.6. The molecule has 0 unspecified atom stereocenters. The van der Waals surface area contributed by atoms with E-state index < -0.39 is 0 Å². The Balaban J connectivity index is 1.52. The average Bonchev–Trinajstić information content (AvgIpc) is 3.54. The second kappa shape index (κ2) is 11.4. The van der Waals surface area contributed by atoms with Crippen molar-refractivity contribution in [2.45, 2.75) is 0 Å². The van der Waals surface area contributed by atoms with E-state index in [9.17, 15) is 0 Å². The molecule has 0 nitrogen and oxygen atoms in total. The van der Waals surface area contributed by atoms with E-state index in [4.69, 9.17) is 0 Å². The zero-order valence-corrected chi connectivity index (χ0v) is 28.5. The van der Waals surface area contributed by atoms with E-state index >= 15 is 0 Å². The van der Waals surface area contributed by atoms with Crippen LogP contribution in [-0.2, 0) is 0 Å². The SMILES string of the molecule is c1ccc(-c2c3c(c(-c4ccccc4)c4c(-c5ccccc5)c5ccccc5c(-c5ccccc5)c24)-c2cc4ccccc4c4cccc-3c24)cc1. The van der Waals surface area contributed by atoms with Crippen LogP contribution in [0, 0.1) is 0 Å². The van der Waals surface area contributed by atoms with Gasteiger partial charge in [-0.2, -0.15) is 0 Å². The molecular weight excluding hydrogens is 625 g/mol. The van der Waals surface area contributed by atoms with Gasteiger partial charge in [-0.1, -0.05) is 188 Å². The third-order valence-electron chi connectivity index (χ3n) is 11.1. The van der Waals surface area contributed by atoms with Gasteiger partial charge in [-0.15, -0.1) is 0 Å². The van der Waals surface area contributed by atoms with E-state index in [2.05, 4.69) is 194 Å². The van der Waals surface area contributed by atoms with Gasteiger partial charge in [0.05, 0.1) is 0 Å². The van der Waals surface area contributed by atoms with Gasteiger partial charge in [0.1, 0.15) is 0 Å². The highest BCUT2D eigenvalue weighted by molar-refractivity contribution is 6.36. The Bertz CT molecular complexity index is 3010. The molecule has 0 atom stereocenters. The van der Waals surface area contributed by atoms with Crippen molar-refractivity contribution in [3.05, 3.63) is 194 Å². The van der Waals surface area contributed by atoms with Gasteiger partial charge in [-0.3, -0.25) is 0 Å². The quantitative estimate of drug-likeness (QED) is 0.131. The van der Waals surface area contributed by atoms with Crippen LogP contribution >= 0.6 is 0 Å². The first-order valence-corrected chi connectivity index (χ1v) is 18.1. The fraction of sp³-hybridized carbons (Fsp3) is 0. The van der Waals surface area contributed by atoms with Crippen molar-refractivity contribution in [3.8, 4) is 66.8 Å². The summed E-state index contributed by atoms with van der Waals surface area (Å²) >= 11 is 0. The van der Waals surface area contributed by atoms with Crippen LogP contribution in [0.2, 0.25) is 0 Å². The second-order valence-electron chi connectivity index (χ2n) is 13.9. The van der Waals surface area contributed by atoms with Crippen molar-refractivity contribution in [3.63, 3.8) is 0 Å². The van der Waals surface area contributed by atoms with Crippen LogP contribution in [0.1, 0.15) is 0 Å². The van der Waals surface area contributed by atoms with E-state index in [0.29, 0.717) is 0 Å². The lowest BCUT2D eigenvalue weighted by Crippen LogP contribution is -1.99. The maximum atomic E-state index is 2.46. The number of hydrogen-bond donors (Lipinski definition) is 0. The van der Waals surface area contributed by atoms with Crippen molar-refractivity contribution >= 4 is 43.1 Å². The fourth-order valence-corrected chi connectivity index (χ4v) is 9.14. The van der Waals surface area contributed by atoms with E-state index in [1.54, 1.807) is 0 Å². The minimum atomic E-state index is 1.22. The molecule has 0 heteroatoms. The molecule has 10 aromatic rings. The minimum Gasteiger partial charge on any atom is -0.0622 e. The Morgan fingerprint density at radius 2 is 0.596 bits per heavy atom. The van der Waals surface area contributed by atoms with Crippen LogP contribution in [0.3, 0.4) is 0 Å². The molecule has 0 amide bonds. The molecule has 1 aliphatic carbocycles. The average molecular weight is 657 g/mol. The molecule has 0 heterocycles. The third kappa shape index (κ3) is 4.10. The van der Waals surface area contributed by atoms with Crippen molar-refractivity contribution in [1.82, 2.24) is 0 Å². The fourth-order valence-electron chi connectivity index (χ4n) is 9.14. The van der Waals surface area contributed by atoms with Crippen molar-refractivity contribution < 1.29 is 0 Å². The number of hydrogen-bond acceptors (Lipinski definition) is 0. The standard InChI is InChI=1S/C52H32/c1-5-18-33(19-6-1)44-40-28-15-16-29-41(40)45(34-20-7-2-8-21-34)52-47(36-24-11-4-12-25-36)50-43-32-37-26-13-14-27-38(37)39-30-17-31-42(48(39)43)49(50)46(51(44)52)35-22-9-3-10-23-35/h1-32H. The third-order valence-corrected chi connectivity index (χ3v) is 11.1. The Morgan fingerprint density at radius 1 is 0.212 bits per heavy atom. The Kier molecular flexibility index (Phi) is 6.35. The van der Waals surface area contributed by atoms with Crippen LogP contribution in [0.15, 0.2) is 194 Å².